The van der Waals surface area contributed by atoms with Crippen LogP contribution >= 0.6 is 11.3 Å². The lowest BCUT2D eigenvalue weighted by Crippen LogP contribution is -2.45. The first-order valence-electron chi connectivity index (χ1n) is 25.0. The summed E-state index contributed by atoms with van der Waals surface area (Å²) in [5.74, 6) is 0.466. The molecule has 2 heterocycles. The lowest BCUT2D eigenvalue weighted by Gasteiger charge is -2.41. The lowest BCUT2D eigenvalue weighted by molar-refractivity contribution is -0.133. The van der Waals surface area contributed by atoms with Crippen molar-refractivity contribution in [2.75, 3.05) is 6.54 Å². The van der Waals surface area contributed by atoms with E-state index in [1.54, 1.807) is 11.8 Å². The predicted octanol–water partition coefficient (Wildman–Crippen LogP) is 13.2. The number of fused-ring (bicyclic) bond motifs is 1. The molecule has 2 aliphatic rings. The van der Waals surface area contributed by atoms with Crippen LogP contribution in [0.3, 0.4) is 0 Å². The molecule has 0 radical (unpaired) electrons. The summed E-state index contributed by atoms with van der Waals surface area (Å²) in [5, 5.41) is 4.88. The van der Waals surface area contributed by atoms with Gasteiger partial charge in [-0.1, -0.05) is 105 Å². The molecular formula is C51H90N2O8S3Si3. The summed E-state index contributed by atoms with van der Waals surface area (Å²) in [6, 6.07) is 11.6. The van der Waals surface area contributed by atoms with Gasteiger partial charge in [0, 0.05) is 24.6 Å². The number of nitrogens with two attached hydrogens (primary N) is 1. The first-order valence-corrected chi connectivity index (χ1v) is 37.6. The Labute approximate surface area is 415 Å². The van der Waals surface area contributed by atoms with Gasteiger partial charge >= 0.3 is 0 Å². The molecule has 67 heavy (non-hydrogen) atoms. The number of allylic oxidation sites excluding steroid dienone is 2. The maximum atomic E-state index is 13.9. The number of carbonyl (C=O) groups is 1. The van der Waals surface area contributed by atoms with Crippen molar-refractivity contribution in [1.82, 2.24) is 4.90 Å². The summed E-state index contributed by atoms with van der Waals surface area (Å²) in [6.45, 7) is 39.0. The molecule has 4 rings (SSSR count). The molecule has 2 N–H and O–H groups in total. The molecule has 0 bridgehead atoms. The number of rotatable bonds is 21. The van der Waals surface area contributed by atoms with Crippen molar-refractivity contribution < 1.29 is 34.9 Å². The van der Waals surface area contributed by atoms with Crippen LogP contribution in [0.4, 0.5) is 0 Å². The molecule has 2 aromatic rings. The highest BCUT2D eigenvalue weighted by Crippen LogP contribution is 2.50. The molecule has 0 saturated heterocycles. The largest absolute Gasteiger partial charge is 0.414 e. The third kappa shape index (κ3) is 14.6. The quantitative estimate of drug-likeness (QED) is 0.0740. The second-order valence-electron chi connectivity index (χ2n) is 24.2. The van der Waals surface area contributed by atoms with Crippen molar-refractivity contribution in [3.8, 4) is 0 Å². The molecule has 10 nitrogen and oxygen atoms in total. The number of unbranched alkanes of at least 4 members (excludes halogenated alkanes) is 1. The fourth-order valence-corrected chi connectivity index (χ4v) is 17.5. The van der Waals surface area contributed by atoms with Gasteiger partial charge in [0.1, 0.15) is 8.42 Å². The van der Waals surface area contributed by atoms with Gasteiger partial charge in [0.25, 0.3) is 0 Å². The highest BCUT2D eigenvalue weighted by atomic mass is 32.3. The maximum Gasteiger partial charge on any atom is 0.247 e. The number of carbonyl (C=O) groups excluding carboxylic acids is 1. The van der Waals surface area contributed by atoms with Crippen LogP contribution in [0, 0.1) is 11.8 Å². The fraction of sp³-hybridized carbons (Fsp3) is 0.745. The van der Waals surface area contributed by atoms with Crippen LogP contribution in [0.5, 0.6) is 0 Å². The number of hydrogen-bond acceptors (Lipinski definition) is 9. The number of amides is 1. The molecule has 7 atom stereocenters. The second-order valence-corrected chi connectivity index (χ2v) is 43.9. The fourth-order valence-electron chi connectivity index (χ4n) is 8.91. The van der Waals surface area contributed by atoms with Gasteiger partial charge in [-0.3, -0.25) is 4.79 Å². The number of sulfonamides is 1. The van der Waals surface area contributed by atoms with Crippen LogP contribution in [0.2, 0.25) is 54.4 Å². The van der Waals surface area contributed by atoms with Crippen LogP contribution in [-0.4, -0.2) is 82.7 Å². The van der Waals surface area contributed by atoms with Crippen LogP contribution in [-0.2, 0) is 44.4 Å². The van der Waals surface area contributed by atoms with Crippen molar-refractivity contribution in [2.24, 2.45) is 17.0 Å². The third-order valence-corrected chi connectivity index (χ3v) is 35.1. The van der Waals surface area contributed by atoms with Crippen molar-refractivity contribution in [3.63, 3.8) is 0 Å². The Morgan fingerprint density at radius 2 is 1.40 bits per heavy atom. The van der Waals surface area contributed by atoms with E-state index in [-0.39, 0.29) is 66.0 Å². The summed E-state index contributed by atoms with van der Waals surface area (Å²) in [4.78, 5) is 15.6. The molecule has 1 fully saturated rings. The minimum atomic E-state index is -4.11. The standard InChI is InChI=1S/C51H90N2O8S3Si3/c1-18-53(43-34-37(2)63(55,56)48-42(43)35-47(62-48)64(52,57)58)46(54)29-25-20-19-24-28-40-41(33-32-39(59-65(12,13)49(3,4)5)31-30-38-26-22-21-23-27-38)45(61-67(16,17)51(9,10)11)36-44(40)60-66(14,15)50(6,7)8/h19,21-24,26-27,35,37,39-41,43-45H,18,20,25,28-34,36H2,1-17H3,(H2,52,57,58)/b24-19-/t37-,39?,40+,41+,43-,44?,45?/m0/s1. The average Bonchev–Trinajstić information content (AvgIpc) is 3.78. The Bertz CT molecular complexity index is 2210. The van der Waals surface area contributed by atoms with Crippen LogP contribution in [0.1, 0.15) is 151 Å². The number of primary sulfonamides is 1. The van der Waals surface area contributed by atoms with E-state index in [1.807, 2.05) is 6.92 Å². The molecule has 1 aromatic carbocycles. The molecule has 382 valence electrons. The molecular weight excluding hydrogens is 949 g/mol. The van der Waals surface area contributed by atoms with E-state index < -0.39 is 56.1 Å². The van der Waals surface area contributed by atoms with Gasteiger partial charge in [0.05, 0.1) is 23.5 Å². The van der Waals surface area contributed by atoms with Crippen LogP contribution in [0.15, 0.2) is 57.0 Å². The van der Waals surface area contributed by atoms with Crippen molar-refractivity contribution >= 4 is 62.1 Å². The Morgan fingerprint density at radius 1 is 0.851 bits per heavy atom. The number of thiophene rings is 1. The van der Waals surface area contributed by atoms with E-state index in [0.717, 1.165) is 44.9 Å². The van der Waals surface area contributed by atoms with E-state index >= 15 is 0 Å². The van der Waals surface area contributed by atoms with Gasteiger partial charge in [-0.25, -0.2) is 22.0 Å². The number of nitrogens with zero attached hydrogens (tertiary/aromatic N) is 1. The summed E-state index contributed by atoms with van der Waals surface area (Å²) in [5.41, 5.74) is 1.70. The molecule has 1 aliphatic heterocycles. The Morgan fingerprint density at radius 3 is 1.93 bits per heavy atom. The van der Waals surface area contributed by atoms with Crippen LogP contribution < -0.4 is 5.14 Å². The zero-order valence-corrected chi connectivity index (χ0v) is 49.9. The summed E-state index contributed by atoms with van der Waals surface area (Å²) in [6.07, 6.45) is 12.3. The Kier molecular flexibility index (Phi) is 19.2. The van der Waals surface area contributed by atoms with Gasteiger partial charge in [-0.05, 0) is 149 Å². The SMILES string of the molecule is CCN(C(=O)CCC/C=C\C[C@H]1C(O[Si](C)(C)C(C)(C)C)CC(O[Si](C)(C)C(C)(C)C)[C@@H]1CCC(CCc1ccccc1)O[Si](C)(C)C(C)(C)C)[C@H]1C[C@H](C)S(=O)(=O)c2sc(S(N)(=O)=O)cc21. The number of sulfone groups is 1. The van der Waals surface area contributed by atoms with Gasteiger partial charge in [-0.2, -0.15) is 0 Å². The predicted molar refractivity (Wildman–Crippen MR) is 286 cm³/mol. The lowest BCUT2D eigenvalue weighted by atomic mass is 9.85. The third-order valence-electron chi connectivity index (χ3n) is 16.2. The monoisotopic (exact) mass is 1040 g/mol. The highest BCUT2D eigenvalue weighted by Gasteiger charge is 2.51. The number of aryl methyl sites for hydroxylation is 1. The summed E-state index contributed by atoms with van der Waals surface area (Å²) in [7, 11) is -14.2. The van der Waals surface area contributed by atoms with Gasteiger partial charge in [-0.15, -0.1) is 11.3 Å². The van der Waals surface area contributed by atoms with Gasteiger partial charge in [0.15, 0.2) is 34.8 Å². The number of hydrogen-bond donors (Lipinski definition) is 1. The van der Waals surface area contributed by atoms with Crippen molar-refractivity contribution in [3.05, 3.63) is 59.7 Å². The first kappa shape index (κ1) is 58.1. The minimum Gasteiger partial charge on any atom is -0.414 e. The molecule has 1 aliphatic carbocycles. The van der Waals surface area contributed by atoms with Crippen molar-refractivity contribution in [2.45, 2.75) is 233 Å². The second kappa shape index (κ2) is 22.1. The van der Waals surface area contributed by atoms with E-state index in [9.17, 15) is 21.6 Å². The molecule has 1 saturated carbocycles. The van der Waals surface area contributed by atoms with Gasteiger partial charge in [0.2, 0.25) is 15.9 Å². The van der Waals surface area contributed by atoms with E-state index in [2.05, 4.69) is 144 Å². The Hall–Kier alpha value is -1.48. The molecule has 0 spiro atoms. The summed E-state index contributed by atoms with van der Waals surface area (Å²) < 4.78 is 73.1. The molecule has 1 amide bonds. The van der Waals surface area contributed by atoms with Gasteiger partial charge < -0.3 is 18.2 Å². The van der Waals surface area contributed by atoms with Crippen LogP contribution in [0.25, 0.3) is 0 Å². The topological polar surface area (TPSA) is 142 Å². The zero-order valence-electron chi connectivity index (χ0n) is 44.5. The highest BCUT2D eigenvalue weighted by molar-refractivity contribution is 7.95. The van der Waals surface area contributed by atoms with E-state index in [1.165, 1.54) is 11.6 Å². The molecule has 1 aromatic heterocycles. The zero-order chi connectivity index (χ0) is 50.8. The average molecular weight is 1040 g/mol. The minimum absolute atomic E-state index is 0.00158. The van der Waals surface area contributed by atoms with E-state index in [4.69, 9.17) is 18.4 Å². The normalized spacial score (nSPS) is 23.7. The smallest absolute Gasteiger partial charge is 0.247 e. The summed E-state index contributed by atoms with van der Waals surface area (Å²) >= 11 is 0.684. The molecule has 3 unspecified atom stereocenters. The maximum absolute atomic E-state index is 13.9. The first-order chi connectivity index (χ1) is 30.5. The van der Waals surface area contributed by atoms with Crippen molar-refractivity contribution in [1.29, 1.82) is 0 Å². The Balaban J connectivity index is 1.59. The van der Waals surface area contributed by atoms with E-state index in [0.29, 0.717) is 36.3 Å². The molecule has 16 heteroatoms. The number of benzene rings is 1.